The molecule has 0 fully saturated rings. The molecule has 2 heteroatoms. The van der Waals surface area contributed by atoms with Crippen LogP contribution < -0.4 is 5.32 Å². The zero-order valence-corrected chi connectivity index (χ0v) is 6.56. The minimum absolute atomic E-state index is 1.14. The van der Waals surface area contributed by atoms with Crippen LogP contribution in [0.15, 0.2) is 23.6 Å². The van der Waals surface area contributed by atoms with E-state index in [4.69, 9.17) is 0 Å². The van der Waals surface area contributed by atoms with Crippen LogP contribution in [0, 0.1) is 0 Å². The van der Waals surface area contributed by atoms with Crippen LogP contribution >= 0.6 is 0 Å². The van der Waals surface area contributed by atoms with E-state index in [1.165, 1.54) is 20.1 Å². The van der Waals surface area contributed by atoms with E-state index >= 15 is 0 Å². The van der Waals surface area contributed by atoms with Gasteiger partial charge in [-0.25, -0.2) is 0 Å². The van der Waals surface area contributed by atoms with Gasteiger partial charge >= 0.3 is 0 Å². The first-order valence-electron chi connectivity index (χ1n) is 3.92. The summed E-state index contributed by atoms with van der Waals surface area (Å²) in [6, 6.07) is 0. The maximum absolute atomic E-state index is 3.14. The van der Waals surface area contributed by atoms with Crippen LogP contribution in [0.2, 0.25) is 0 Å². The van der Waals surface area contributed by atoms with Crippen LogP contribution in [0.5, 0.6) is 0 Å². The lowest BCUT2D eigenvalue weighted by molar-refractivity contribution is 0.731. The van der Waals surface area contributed by atoms with Gasteiger partial charge in [0.25, 0.3) is 0 Å². The van der Waals surface area contributed by atoms with Crippen molar-refractivity contribution in [1.29, 1.82) is 0 Å². The summed E-state index contributed by atoms with van der Waals surface area (Å²) in [6.07, 6.45) is 6.90. The maximum atomic E-state index is 3.14. The van der Waals surface area contributed by atoms with Crippen LogP contribution in [-0.4, -0.2) is 20.9 Å². The lowest BCUT2D eigenvalue weighted by atomic mass is 9.71. The van der Waals surface area contributed by atoms with Gasteiger partial charge in [-0.15, -0.1) is 11.4 Å². The van der Waals surface area contributed by atoms with Gasteiger partial charge in [-0.2, -0.15) is 0 Å². The lowest BCUT2D eigenvalue weighted by Crippen LogP contribution is -2.07. The van der Waals surface area contributed by atoms with Gasteiger partial charge in [0, 0.05) is 0 Å². The zero-order valence-electron chi connectivity index (χ0n) is 6.56. The van der Waals surface area contributed by atoms with Crippen LogP contribution in [0.4, 0.5) is 0 Å². The minimum atomic E-state index is 1.14. The topological polar surface area (TPSA) is 12.0 Å². The summed E-state index contributed by atoms with van der Waals surface area (Å²) in [6.45, 7) is 1.14. The molecule has 0 aliphatic carbocycles. The predicted molar refractivity (Wildman–Crippen MR) is 47.5 cm³/mol. The standard InChI is InChI=1S/C8H14BN/c1-10-7-3-5-8-4-2-6-9-8/h2,4,6,9-10H,3,5,7H2,1H3. The Labute approximate surface area is 63.4 Å². The van der Waals surface area contributed by atoms with Gasteiger partial charge in [-0.05, 0) is 26.4 Å². The summed E-state index contributed by atoms with van der Waals surface area (Å²) in [5.41, 5.74) is 1.58. The fourth-order valence-electron chi connectivity index (χ4n) is 1.17. The average molecular weight is 135 g/mol. The predicted octanol–water partition coefficient (Wildman–Crippen LogP) is 0.834. The fraction of sp³-hybridized carbons (Fsp3) is 0.500. The van der Waals surface area contributed by atoms with Gasteiger partial charge in [0.05, 0.1) is 0 Å². The van der Waals surface area contributed by atoms with Crippen molar-refractivity contribution in [3.8, 4) is 0 Å². The number of rotatable bonds is 4. The second-order valence-electron chi connectivity index (χ2n) is 2.66. The summed E-state index contributed by atoms with van der Waals surface area (Å²) >= 11 is 0. The largest absolute Gasteiger partial charge is 0.320 e. The highest BCUT2D eigenvalue weighted by molar-refractivity contribution is 6.52. The Morgan fingerprint density at radius 2 is 2.50 bits per heavy atom. The van der Waals surface area contributed by atoms with Gasteiger partial charge in [-0.1, -0.05) is 12.2 Å². The zero-order chi connectivity index (χ0) is 7.23. The average Bonchev–Trinajstić information content (AvgIpc) is 2.41. The second-order valence-corrected chi connectivity index (χ2v) is 2.66. The lowest BCUT2D eigenvalue weighted by Gasteiger charge is -1.99. The highest BCUT2D eigenvalue weighted by Gasteiger charge is 1.99. The molecular formula is C8H14BN. The Hall–Kier alpha value is -0.495. The number of hydrogen-bond donors (Lipinski definition) is 1. The highest BCUT2D eigenvalue weighted by atomic mass is 14.8. The Morgan fingerprint density at radius 3 is 3.10 bits per heavy atom. The Balaban J connectivity index is 2.04. The summed E-state index contributed by atoms with van der Waals surface area (Å²) in [5, 5.41) is 3.14. The van der Waals surface area contributed by atoms with Gasteiger partial charge in [-0.3, -0.25) is 0 Å². The van der Waals surface area contributed by atoms with Crippen molar-refractivity contribution in [2.24, 2.45) is 0 Å². The van der Waals surface area contributed by atoms with Crippen LogP contribution in [0.3, 0.4) is 0 Å². The molecule has 0 spiro atoms. The van der Waals surface area contributed by atoms with Crippen LogP contribution in [0.25, 0.3) is 0 Å². The SMILES string of the molecule is CNCCCC1=CC=CB1. The molecule has 0 aromatic heterocycles. The molecule has 1 heterocycles. The molecule has 0 amide bonds. The Bertz CT molecular complexity index is 149. The molecule has 1 aliphatic rings. The molecule has 0 saturated heterocycles. The monoisotopic (exact) mass is 135 g/mol. The van der Waals surface area contributed by atoms with E-state index in [2.05, 4.69) is 23.4 Å². The molecule has 1 rings (SSSR count). The number of hydrogen-bond acceptors (Lipinski definition) is 1. The van der Waals surface area contributed by atoms with Crippen molar-refractivity contribution in [2.75, 3.05) is 13.6 Å². The molecule has 1 aliphatic heterocycles. The molecule has 0 aromatic carbocycles. The first-order valence-corrected chi connectivity index (χ1v) is 3.92. The van der Waals surface area contributed by atoms with Crippen molar-refractivity contribution >= 4 is 7.28 Å². The van der Waals surface area contributed by atoms with Crippen molar-refractivity contribution in [3.05, 3.63) is 23.6 Å². The molecule has 1 N–H and O–H groups in total. The third-order valence-corrected chi connectivity index (χ3v) is 1.77. The van der Waals surface area contributed by atoms with Crippen molar-refractivity contribution in [3.63, 3.8) is 0 Å². The number of allylic oxidation sites excluding steroid dienone is 3. The Morgan fingerprint density at radius 1 is 1.60 bits per heavy atom. The summed E-state index contributed by atoms with van der Waals surface area (Å²) in [7, 11) is 3.19. The molecule has 54 valence electrons. The third kappa shape index (κ3) is 2.40. The first kappa shape index (κ1) is 7.61. The van der Waals surface area contributed by atoms with Crippen LogP contribution in [0.1, 0.15) is 12.8 Å². The molecule has 0 atom stereocenters. The van der Waals surface area contributed by atoms with Crippen molar-refractivity contribution in [2.45, 2.75) is 12.8 Å². The highest BCUT2D eigenvalue weighted by Crippen LogP contribution is 2.07. The molecule has 1 nitrogen and oxygen atoms in total. The molecule has 10 heavy (non-hydrogen) atoms. The molecule has 0 saturated carbocycles. The van der Waals surface area contributed by atoms with Gasteiger partial charge in [0.1, 0.15) is 0 Å². The molecular weight excluding hydrogens is 121 g/mol. The number of nitrogens with one attached hydrogen (secondary N) is 1. The fourth-order valence-corrected chi connectivity index (χ4v) is 1.17. The summed E-state index contributed by atoms with van der Waals surface area (Å²) in [4.78, 5) is 0. The van der Waals surface area contributed by atoms with E-state index < -0.39 is 0 Å². The van der Waals surface area contributed by atoms with E-state index in [1.807, 2.05) is 7.05 Å². The quantitative estimate of drug-likeness (QED) is 0.444. The minimum Gasteiger partial charge on any atom is -0.320 e. The van der Waals surface area contributed by atoms with Gasteiger partial charge in [0.15, 0.2) is 7.28 Å². The second kappa shape index (κ2) is 4.34. The van der Waals surface area contributed by atoms with Crippen molar-refractivity contribution < 1.29 is 0 Å². The van der Waals surface area contributed by atoms with E-state index in [0.29, 0.717) is 0 Å². The molecule has 0 unspecified atom stereocenters. The van der Waals surface area contributed by atoms with E-state index in [0.717, 1.165) is 6.54 Å². The smallest absolute Gasteiger partial charge is 0.177 e. The van der Waals surface area contributed by atoms with E-state index in [9.17, 15) is 0 Å². The maximum Gasteiger partial charge on any atom is 0.177 e. The van der Waals surface area contributed by atoms with Crippen molar-refractivity contribution in [1.82, 2.24) is 5.32 Å². The van der Waals surface area contributed by atoms with E-state index in [-0.39, 0.29) is 0 Å². The normalized spacial score (nSPS) is 15.1. The Kier molecular flexibility index (Phi) is 3.30. The third-order valence-electron chi connectivity index (χ3n) is 1.77. The summed E-state index contributed by atoms with van der Waals surface area (Å²) in [5.74, 6) is 2.22. The molecule has 0 bridgehead atoms. The first-order chi connectivity index (χ1) is 4.93. The van der Waals surface area contributed by atoms with Gasteiger partial charge in [0.2, 0.25) is 0 Å². The van der Waals surface area contributed by atoms with E-state index in [1.54, 1.807) is 5.47 Å². The van der Waals surface area contributed by atoms with Gasteiger partial charge < -0.3 is 5.32 Å². The summed E-state index contributed by atoms with van der Waals surface area (Å²) < 4.78 is 0. The molecule has 0 aromatic rings. The van der Waals surface area contributed by atoms with Crippen LogP contribution in [-0.2, 0) is 0 Å². The molecule has 0 radical (unpaired) electrons.